The lowest BCUT2D eigenvalue weighted by Crippen LogP contribution is -2.33. The number of hydrogen-bond acceptors (Lipinski definition) is 4. The van der Waals surface area contributed by atoms with Crippen molar-refractivity contribution in [3.05, 3.63) is 93.9 Å². The van der Waals surface area contributed by atoms with Gasteiger partial charge in [-0.1, -0.05) is 24.3 Å². The van der Waals surface area contributed by atoms with Crippen molar-refractivity contribution in [1.29, 1.82) is 0 Å². The number of aliphatic carboxylic acids is 1. The van der Waals surface area contributed by atoms with Gasteiger partial charge < -0.3 is 10.4 Å². The van der Waals surface area contributed by atoms with Crippen LogP contribution in [0.2, 0.25) is 0 Å². The van der Waals surface area contributed by atoms with E-state index in [1.165, 1.54) is 12.1 Å². The molecule has 0 spiro atoms. The molecule has 1 heterocycles. The third-order valence-electron chi connectivity index (χ3n) is 4.02. The van der Waals surface area contributed by atoms with Gasteiger partial charge in [-0.15, -0.1) is 0 Å². The molecule has 2 N–H and O–H groups in total. The summed E-state index contributed by atoms with van der Waals surface area (Å²) in [6, 6.07) is 7.07. The van der Waals surface area contributed by atoms with Crippen LogP contribution in [-0.2, 0) is 4.79 Å². The monoisotopic (exact) mass is 403 g/mol. The number of nitrogens with one attached hydrogen (secondary N) is 1. The van der Waals surface area contributed by atoms with Crippen LogP contribution in [0.25, 0.3) is 0 Å². The van der Waals surface area contributed by atoms with Crippen LogP contribution >= 0.6 is 0 Å². The third kappa shape index (κ3) is 3.86. The van der Waals surface area contributed by atoms with Crippen LogP contribution in [0.5, 0.6) is 0 Å². The molecule has 0 saturated heterocycles. The topological polar surface area (TPSA) is 101 Å². The molecule has 1 unspecified atom stereocenters. The van der Waals surface area contributed by atoms with Crippen molar-refractivity contribution in [2.75, 3.05) is 5.32 Å². The van der Waals surface area contributed by atoms with Crippen LogP contribution in [0.3, 0.4) is 0 Å². The first-order valence-electron chi connectivity index (χ1n) is 8.10. The van der Waals surface area contributed by atoms with Gasteiger partial charge in [0.2, 0.25) is 0 Å². The molecule has 0 fully saturated rings. The highest BCUT2D eigenvalue weighted by atomic mass is 19.2. The summed E-state index contributed by atoms with van der Waals surface area (Å²) < 4.78 is 41.4. The van der Waals surface area contributed by atoms with Crippen molar-refractivity contribution >= 4 is 17.6 Å². The SMILES string of the molecule is O=C(Nc1cncn(C(C(=O)O)c2ccc(F)c(F)c2F)c1=O)c1ccccc1. The van der Waals surface area contributed by atoms with Crippen LogP contribution in [0.1, 0.15) is 22.0 Å². The van der Waals surface area contributed by atoms with E-state index in [2.05, 4.69) is 10.3 Å². The number of aromatic nitrogens is 2. The molecule has 0 bridgehead atoms. The second-order valence-electron chi connectivity index (χ2n) is 5.85. The van der Waals surface area contributed by atoms with Gasteiger partial charge in [-0.25, -0.2) is 22.9 Å². The Bertz CT molecular complexity index is 1150. The first kappa shape index (κ1) is 19.8. The summed E-state index contributed by atoms with van der Waals surface area (Å²) in [4.78, 5) is 40.3. The molecule has 0 aliphatic carbocycles. The molecule has 0 aliphatic rings. The van der Waals surface area contributed by atoms with Gasteiger partial charge in [0.25, 0.3) is 11.5 Å². The highest BCUT2D eigenvalue weighted by Gasteiger charge is 2.29. The number of amides is 1. The van der Waals surface area contributed by atoms with Gasteiger partial charge in [0.05, 0.1) is 12.5 Å². The van der Waals surface area contributed by atoms with Gasteiger partial charge in [-0.3, -0.25) is 14.2 Å². The average molecular weight is 403 g/mol. The fraction of sp³-hybridized carbons (Fsp3) is 0.0526. The Labute approximate surface area is 161 Å². The number of carboxylic acids is 1. The summed E-state index contributed by atoms with van der Waals surface area (Å²) in [5.74, 6) is -7.51. The minimum Gasteiger partial charge on any atom is -0.479 e. The second kappa shape index (κ2) is 7.97. The molecule has 0 aliphatic heterocycles. The number of benzene rings is 2. The lowest BCUT2D eigenvalue weighted by atomic mass is 10.1. The Balaban J connectivity index is 2.05. The van der Waals surface area contributed by atoms with Crippen LogP contribution < -0.4 is 10.9 Å². The molecule has 0 saturated carbocycles. The van der Waals surface area contributed by atoms with E-state index < -0.39 is 46.5 Å². The highest BCUT2D eigenvalue weighted by Crippen LogP contribution is 2.24. The van der Waals surface area contributed by atoms with Crippen molar-refractivity contribution < 1.29 is 27.9 Å². The van der Waals surface area contributed by atoms with Crippen LogP contribution in [0.4, 0.5) is 18.9 Å². The first-order chi connectivity index (χ1) is 13.8. The molecule has 1 atom stereocenters. The summed E-state index contributed by atoms with van der Waals surface area (Å²) in [5, 5.41) is 11.8. The molecule has 1 aromatic heterocycles. The number of nitrogens with zero attached hydrogens (tertiary/aromatic N) is 2. The number of hydrogen-bond donors (Lipinski definition) is 2. The molecule has 0 radical (unpaired) electrons. The van der Waals surface area contributed by atoms with E-state index in [9.17, 15) is 32.7 Å². The Morgan fingerprint density at radius 1 is 1.03 bits per heavy atom. The van der Waals surface area contributed by atoms with Gasteiger partial charge in [0, 0.05) is 11.1 Å². The van der Waals surface area contributed by atoms with E-state index in [1.54, 1.807) is 18.2 Å². The molecule has 3 rings (SSSR count). The molecular formula is C19H12F3N3O4. The molecule has 2 aromatic carbocycles. The fourth-order valence-corrected chi connectivity index (χ4v) is 2.63. The van der Waals surface area contributed by atoms with Crippen molar-refractivity contribution in [2.45, 2.75) is 6.04 Å². The average Bonchev–Trinajstić information content (AvgIpc) is 2.71. The van der Waals surface area contributed by atoms with E-state index in [0.717, 1.165) is 12.5 Å². The molecular weight excluding hydrogens is 391 g/mol. The molecule has 7 nitrogen and oxygen atoms in total. The van der Waals surface area contributed by atoms with E-state index in [1.807, 2.05) is 0 Å². The molecule has 3 aromatic rings. The Kier molecular flexibility index (Phi) is 5.44. The highest BCUT2D eigenvalue weighted by molar-refractivity contribution is 6.04. The minimum atomic E-state index is -2.04. The minimum absolute atomic E-state index is 0.226. The first-order valence-corrected chi connectivity index (χ1v) is 8.10. The van der Waals surface area contributed by atoms with Crippen molar-refractivity contribution in [2.24, 2.45) is 0 Å². The van der Waals surface area contributed by atoms with E-state index in [4.69, 9.17) is 0 Å². The number of carbonyl (C=O) groups excluding carboxylic acids is 1. The number of carbonyl (C=O) groups is 2. The van der Waals surface area contributed by atoms with Gasteiger partial charge in [-0.05, 0) is 18.2 Å². The van der Waals surface area contributed by atoms with Crippen LogP contribution in [0.15, 0.2) is 59.8 Å². The van der Waals surface area contributed by atoms with E-state index in [0.29, 0.717) is 16.7 Å². The second-order valence-corrected chi connectivity index (χ2v) is 5.85. The third-order valence-corrected chi connectivity index (χ3v) is 4.02. The lowest BCUT2D eigenvalue weighted by Gasteiger charge is -2.17. The predicted octanol–water partition coefficient (Wildman–Crippen LogP) is 2.59. The maximum absolute atomic E-state index is 14.1. The summed E-state index contributed by atoms with van der Waals surface area (Å²) in [6.07, 6.45) is 1.78. The summed E-state index contributed by atoms with van der Waals surface area (Å²) in [6.45, 7) is 0. The molecule has 29 heavy (non-hydrogen) atoms. The van der Waals surface area contributed by atoms with Gasteiger partial charge >= 0.3 is 5.97 Å². The zero-order chi connectivity index (χ0) is 21.1. The maximum Gasteiger partial charge on any atom is 0.331 e. The van der Waals surface area contributed by atoms with Crippen molar-refractivity contribution in [3.63, 3.8) is 0 Å². The number of carboxylic acid groups (broad SMARTS) is 1. The zero-order valence-electron chi connectivity index (χ0n) is 14.5. The Hall–Kier alpha value is -3.95. The Morgan fingerprint density at radius 3 is 2.38 bits per heavy atom. The summed E-state index contributed by atoms with van der Waals surface area (Å²) in [5.41, 5.74) is -1.97. The molecule has 1 amide bonds. The van der Waals surface area contributed by atoms with Gasteiger partial charge in [0.1, 0.15) is 5.69 Å². The quantitative estimate of drug-likeness (QED) is 0.638. The largest absolute Gasteiger partial charge is 0.479 e. The van der Waals surface area contributed by atoms with Gasteiger partial charge in [-0.2, -0.15) is 0 Å². The molecule has 148 valence electrons. The summed E-state index contributed by atoms with van der Waals surface area (Å²) >= 11 is 0. The zero-order valence-corrected chi connectivity index (χ0v) is 14.5. The molecule has 10 heteroatoms. The van der Waals surface area contributed by atoms with Gasteiger partial charge in [0.15, 0.2) is 23.5 Å². The van der Waals surface area contributed by atoms with Crippen LogP contribution in [0, 0.1) is 17.5 Å². The summed E-state index contributed by atoms with van der Waals surface area (Å²) in [7, 11) is 0. The Morgan fingerprint density at radius 2 is 1.72 bits per heavy atom. The van der Waals surface area contributed by atoms with Crippen LogP contribution in [-0.4, -0.2) is 26.5 Å². The fourth-order valence-electron chi connectivity index (χ4n) is 2.63. The maximum atomic E-state index is 14.1. The smallest absolute Gasteiger partial charge is 0.331 e. The van der Waals surface area contributed by atoms with E-state index >= 15 is 0 Å². The van der Waals surface area contributed by atoms with E-state index in [-0.39, 0.29) is 11.3 Å². The number of halogens is 3. The normalized spacial score (nSPS) is 11.7. The van der Waals surface area contributed by atoms with Crippen molar-refractivity contribution in [3.8, 4) is 0 Å². The number of rotatable bonds is 5. The number of anilines is 1. The predicted molar refractivity (Wildman–Crippen MR) is 95.0 cm³/mol. The standard InChI is InChI=1S/C19H12F3N3O4/c20-12-7-6-11(14(21)15(12)22)16(19(28)29)25-9-23-8-13(18(25)27)24-17(26)10-4-2-1-3-5-10/h1-9,16H,(H,24,26)(H,28,29). The lowest BCUT2D eigenvalue weighted by molar-refractivity contribution is -0.139. The van der Waals surface area contributed by atoms with Crippen molar-refractivity contribution in [1.82, 2.24) is 9.55 Å².